The molecular formula is C20H19F3N4O. The largest absolute Gasteiger partial charge is 0.417 e. The zero-order valence-corrected chi connectivity index (χ0v) is 15.3. The maximum atomic E-state index is 13.7. The van der Waals surface area contributed by atoms with Crippen molar-refractivity contribution in [3.8, 4) is 11.1 Å². The standard InChI is InChI=1S/C20H19F3N4O/c1-25-8-10-26(11-9-25)19(28)16-4-2-14(12-17(16)20(21,22)23)15-3-5-18-24-6-7-27(18)13-15/h2-7,12-13H,8-11H2,1H3. The monoisotopic (exact) mass is 388 g/mol. The highest BCUT2D eigenvalue weighted by Gasteiger charge is 2.37. The molecule has 0 atom stereocenters. The van der Waals surface area contributed by atoms with Crippen molar-refractivity contribution in [3.63, 3.8) is 0 Å². The Morgan fingerprint density at radius 2 is 1.75 bits per heavy atom. The number of likely N-dealkylation sites (N-methyl/N-ethyl adjacent to an activating group) is 1. The maximum Gasteiger partial charge on any atom is 0.417 e. The number of imidazole rings is 1. The molecule has 28 heavy (non-hydrogen) atoms. The number of pyridine rings is 1. The van der Waals surface area contributed by atoms with Gasteiger partial charge in [-0.25, -0.2) is 4.98 Å². The number of fused-ring (bicyclic) bond motifs is 1. The molecule has 1 saturated heterocycles. The molecule has 0 spiro atoms. The molecule has 1 aromatic carbocycles. The number of piperazine rings is 1. The van der Waals surface area contributed by atoms with Crippen LogP contribution in [0.5, 0.6) is 0 Å². The number of aromatic nitrogens is 2. The number of carbonyl (C=O) groups excluding carboxylic acids is 1. The van der Waals surface area contributed by atoms with Gasteiger partial charge in [-0.3, -0.25) is 4.79 Å². The van der Waals surface area contributed by atoms with Crippen LogP contribution in [-0.4, -0.2) is 58.3 Å². The summed E-state index contributed by atoms with van der Waals surface area (Å²) in [5, 5.41) is 0. The van der Waals surface area contributed by atoms with Crippen molar-refractivity contribution in [1.82, 2.24) is 19.2 Å². The third-order valence-corrected chi connectivity index (χ3v) is 5.07. The molecular weight excluding hydrogens is 369 g/mol. The van der Waals surface area contributed by atoms with Crippen molar-refractivity contribution in [1.29, 1.82) is 0 Å². The van der Waals surface area contributed by atoms with E-state index in [4.69, 9.17) is 0 Å². The van der Waals surface area contributed by atoms with Gasteiger partial charge >= 0.3 is 6.18 Å². The average molecular weight is 388 g/mol. The lowest BCUT2D eigenvalue weighted by molar-refractivity contribution is -0.138. The van der Waals surface area contributed by atoms with Crippen LogP contribution in [0.15, 0.2) is 48.9 Å². The van der Waals surface area contributed by atoms with E-state index in [1.54, 1.807) is 41.2 Å². The Bertz CT molecular complexity index is 1020. The highest BCUT2D eigenvalue weighted by molar-refractivity contribution is 5.96. The third kappa shape index (κ3) is 3.47. The van der Waals surface area contributed by atoms with Crippen molar-refractivity contribution in [2.45, 2.75) is 6.18 Å². The van der Waals surface area contributed by atoms with Gasteiger partial charge in [0.1, 0.15) is 5.65 Å². The molecule has 0 saturated carbocycles. The van der Waals surface area contributed by atoms with E-state index in [1.807, 2.05) is 11.9 Å². The van der Waals surface area contributed by atoms with Crippen LogP contribution in [0.25, 0.3) is 16.8 Å². The van der Waals surface area contributed by atoms with Gasteiger partial charge in [0.05, 0.1) is 11.1 Å². The van der Waals surface area contributed by atoms with E-state index >= 15 is 0 Å². The SMILES string of the molecule is CN1CCN(C(=O)c2ccc(-c3ccc4nccn4c3)cc2C(F)(F)F)CC1. The molecule has 2 aromatic heterocycles. The van der Waals surface area contributed by atoms with Gasteiger partial charge in [-0.05, 0) is 42.4 Å². The van der Waals surface area contributed by atoms with Gasteiger partial charge < -0.3 is 14.2 Å². The Morgan fingerprint density at radius 1 is 1.04 bits per heavy atom. The summed E-state index contributed by atoms with van der Waals surface area (Å²) >= 11 is 0. The fraction of sp³-hybridized carbons (Fsp3) is 0.300. The minimum atomic E-state index is -4.62. The quantitative estimate of drug-likeness (QED) is 0.676. The van der Waals surface area contributed by atoms with Crippen LogP contribution < -0.4 is 0 Å². The lowest BCUT2D eigenvalue weighted by atomic mass is 9.98. The van der Waals surface area contributed by atoms with Crippen molar-refractivity contribution in [2.24, 2.45) is 0 Å². The number of carbonyl (C=O) groups is 1. The Hall–Kier alpha value is -2.87. The van der Waals surface area contributed by atoms with Gasteiger partial charge in [-0.1, -0.05) is 6.07 Å². The molecule has 0 radical (unpaired) electrons. The van der Waals surface area contributed by atoms with E-state index < -0.39 is 17.6 Å². The molecule has 0 unspecified atom stereocenters. The molecule has 3 heterocycles. The first-order chi connectivity index (χ1) is 13.3. The molecule has 0 aliphatic carbocycles. The first kappa shape index (κ1) is 18.5. The number of halogens is 3. The van der Waals surface area contributed by atoms with E-state index in [0.29, 0.717) is 43.0 Å². The number of nitrogens with zero attached hydrogens (tertiary/aromatic N) is 4. The van der Waals surface area contributed by atoms with Gasteiger partial charge in [-0.2, -0.15) is 13.2 Å². The summed E-state index contributed by atoms with van der Waals surface area (Å²) in [6.45, 7) is 2.14. The molecule has 1 amide bonds. The van der Waals surface area contributed by atoms with E-state index in [-0.39, 0.29) is 5.56 Å². The summed E-state index contributed by atoms with van der Waals surface area (Å²) in [5.74, 6) is -0.572. The van der Waals surface area contributed by atoms with Crippen molar-refractivity contribution in [2.75, 3.05) is 33.2 Å². The summed E-state index contributed by atoms with van der Waals surface area (Å²) in [5.41, 5.74) is 0.526. The second-order valence-corrected chi connectivity index (χ2v) is 6.96. The van der Waals surface area contributed by atoms with Gasteiger partial charge in [0.15, 0.2) is 0 Å². The van der Waals surface area contributed by atoms with Crippen LogP contribution in [0, 0.1) is 0 Å². The van der Waals surface area contributed by atoms with Crippen LogP contribution in [-0.2, 0) is 6.18 Å². The van der Waals surface area contributed by atoms with E-state index in [0.717, 1.165) is 6.07 Å². The lowest BCUT2D eigenvalue weighted by Crippen LogP contribution is -2.47. The second-order valence-electron chi connectivity index (χ2n) is 6.96. The number of amides is 1. The van der Waals surface area contributed by atoms with Crippen LogP contribution in [0.1, 0.15) is 15.9 Å². The van der Waals surface area contributed by atoms with E-state index in [1.165, 1.54) is 11.0 Å². The zero-order chi connectivity index (χ0) is 19.9. The van der Waals surface area contributed by atoms with Crippen LogP contribution >= 0.6 is 0 Å². The third-order valence-electron chi connectivity index (χ3n) is 5.07. The minimum Gasteiger partial charge on any atom is -0.336 e. The average Bonchev–Trinajstić information content (AvgIpc) is 3.15. The molecule has 8 heteroatoms. The molecule has 1 aliphatic heterocycles. The lowest BCUT2D eigenvalue weighted by Gasteiger charge is -2.33. The van der Waals surface area contributed by atoms with Gasteiger partial charge in [0.25, 0.3) is 5.91 Å². The summed E-state index contributed by atoms with van der Waals surface area (Å²) in [4.78, 5) is 20.4. The normalized spacial score (nSPS) is 15.9. The smallest absolute Gasteiger partial charge is 0.336 e. The summed E-state index contributed by atoms with van der Waals surface area (Å²) in [6.07, 6.45) is 0.458. The van der Waals surface area contributed by atoms with Crippen molar-refractivity contribution < 1.29 is 18.0 Å². The van der Waals surface area contributed by atoms with Crippen LogP contribution in [0.4, 0.5) is 13.2 Å². The summed E-state index contributed by atoms with van der Waals surface area (Å²) in [7, 11) is 1.93. The van der Waals surface area contributed by atoms with Crippen LogP contribution in [0.3, 0.4) is 0 Å². The van der Waals surface area contributed by atoms with Gasteiger partial charge in [0, 0.05) is 44.8 Å². The molecule has 0 bridgehead atoms. The Balaban J connectivity index is 1.72. The van der Waals surface area contributed by atoms with Gasteiger partial charge in [0.2, 0.25) is 0 Å². The number of alkyl halides is 3. The predicted octanol–water partition coefficient (Wildman–Crippen LogP) is 3.41. The highest BCUT2D eigenvalue weighted by atomic mass is 19.4. The molecule has 4 rings (SSSR count). The Kier molecular flexibility index (Phi) is 4.58. The fourth-order valence-electron chi connectivity index (χ4n) is 3.42. The molecule has 1 aliphatic rings. The minimum absolute atomic E-state index is 0.301. The van der Waals surface area contributed by atoms with Crippen molar-refractivity contribution in [3.05, 3.63) is 60.0 Å². The number of hydrogen-bond acceptors (Lipinski definition) is 3. The van der Waals surface area contributed by atoms with E-state index in [2.05, 4.69) is 4.98 Å². The number of hydrogen-bond donors (Lipinski definition) is 0. The predicted molar refractivity (Wildman–Crippen MR) is 99.0 cm³/mol. The molecule has 1 fully saturated rings. The fourth-order valence-corrected chi connectivity index (χ4v) is 3.42. The van der Waals surface area contributed by atoms with Gasteiger partial charge in [-0.15, -0.1) is 0 Å². The van der Waals surface area contributed by atoms with E-state index in [9.17, 15) is 18.0 Å². The number of benzene rings is 1. The Morgan fingerprint density at radius 3 is 2.46 bits per heavy atom. The second kappa shape index (κ2) is 6.94. The number of rotatable bonds is 2. The molecule has 146 valence electrons. The Labute approximate surface area is 160 Å². The first-order valence-electron chi connectivity index (χ1n) is 8.95. The zero-order valence-electron chi connectivity index (χ0n) is 15.3. The maximum absolute atomic E-state index is 13.7. The topological polar surface area (TPSA) is 40.8 Å². The molecule has 3 aromatic rings. The summed E-state index contributed by atoms with van der Waals surface area (Å²) in [6, 6.07) is 7.38. The summed E-state index contributed by atoms with van der Waals surface area (Å²) < 4.78 is 43.0. The molecule has 0 N–H and O–H groups in total. The first-order valence-corrected chi connectivity index (χ1v) is 8.95. The van der Waals surface area contributed by atoms with Crippen molar-refractivity contribution >= 4 is 11.6 Å². The molecule has 5 nitrogen and oxygen atoms in total. The van der Waals surface area contributed by atoms with Crippen LogP contribution in [0.2, 0.25) is 0 Å². The highest BCUT2D eigenvalue weighted by Crippen LogP contribution is 2.35.